The predicted molar refractivity (Wildman–Crippen MR) is 84.1 cm³/mol. The first-order valence-corrected chi connectivity index (χ1v) is 6.76. The Balaban J connectivity index is 1.78. The molecule has 0 saturated carbocycles. The number of hydrogen-bond donors (Lipinski definition) is 1. The van der Waals surface area contributed by atoms with E-state index in [1.807, 2.05) is 31.2 Å². The number of nitrogens with one attached hydrogen (secondary N) is 1. The van der Waals surface area contributed by atoms with Crippen molar-refractivity contribution in [2.24, 2.45) is 5.10 Å². The first kappa shape index (κ1) is 15.4. The minimum Gasteiger partial charge on any atom is -0.484 e. The number of Topliss-reactive ketones (excluding diaryl/α,β-unsaturated/α-hetero) is 1. The van der Waals surface area contributed by atoms with Crippen molar-refractivity contribution in [3.05, 3.63) is 65.7 Å². The second kappa shape index (κ2) is 7.73. The second-order valence-electron chi connectivity index (χ2n) is 4.63. The van der Waals surface area contributed by atoms with Gasteiger partial charge in [0.05, 0.1) is 6.21 Å². The first-order valence-electron chi connectivity index (χ1n) is 6.76. The zero-order valence-corrected chi connectivity index (χ0v) is 12.2. The van der Waals surface area contributed by atoms with E-state index in [9.17, 15) is 9.59 Å². The Bertz CT molecular complexity index is 681. The molecule has 0 aliphatic rings. The van der Waals surface area contributed by atoms with Gasteiger partial charge in [0.15, 0.2) is 6.61 Å². The number of ketones is 1. The Labute approximate surface area is 128 Å². The van der Waals surface area contributed by atoms with Crippen molar-refractivity contribution in [3.63, 3.8) is 0 Å². The smallest absolute Gasteiger partial charge is 0.277 e. The summed E-state index contributed by atoms with van der Waals surface area (Å²) in [5.41, 5.74) is 3.81. The third-order valence-electron chi connectivity index (χ3n) is 2.79. The van der Waals surface area contributed by atoms with E-state index in [2.05, 4.69) is 10.5 Å². The molecule has 0 fully saturated rings. The summed E-state index contributed by atoms with van der Waals surface area (Å²) in [6.45, 7) is 1.77. The molecule has 0 saturated heterocycles. The fourth-order valence-electron chi connectivity index (χ4n) is 1.73. The summed E-state index contributed by atoms with van der Waals surface area (Å²) in [5, 5.41) is 3.62. The van der Waals surface area contributed by atoms with Crippen LogP contribution in [0.3, 0.4) is 0 Å². The van der Waals surface area contributed by atoms with Crippen LogP contribution in [-0.4, -0.2) is 24.5 Å². The van der Waals surface area contributed by atoms with Crippen LogP contribution in [0.25, 0.3) is 0 Å². The largest absolute Gasteiger partial charge is 0.484 e. The summed E-state index contributed by atoms with van der Waals surface area (Å²) in [4.78, 5) is 23.3. The Morgan fingerprint density at radius 3 is 2.64 bits per heavy atom. The topological polar surface area (TPSA) is 67.8 Å². The van der Waals surface area contributed by atoms with Crippen LogP contribution in [0, 0.1) is 6.92 Å². The Hall–Kier alpha value is -2.95. The molecule has 112 valence electrons. The van der Waals surface area contributed by atoms with Crippen LogP contribution < -0.4 is 10.2 Å². The van der Waals surface area contributed by atoms with E-state index in [-0.39, 0.29) is 12.4 Å². The van der Waals surface area contributed by atoms with Crippen molar-refractivity contribution in [1.29, 1.82) is 0 Å². The highest BCUT2D eigenvalue weighted by molar-refractivity contribution is 6.35. The SMILES string of the molecule is Cc1cccc(OCC(=O)N/N=C/C(=O)c2ccccc2)c1. The molecule has 22 heavy (non-hydrogen) atoms. The van der Waals surface area contributed by atoms with E-state index in [0.29, 0.717) is 11.3 Å². The highest BCUT2D eigenvalue weighted by Gasteiger charge is 2.03. The molecule has 5 heteroatoms. The van der Waals surface area contributed by atoms with E-state index >= 15 is 0 Å². The van der Waals surface area contributed by atoms with Crippen LogP contribution in [0.2, 0.25) is 0 Å². The number of carbonyl (C=O) groups excluding carboxylic acids is 2. The van der Waals surface area contributed by atoms with Gasteiger partial charge in [0, 0.05) is 5.56 Å². The van der Waals surface area contributed by atoms with Crippen molar-refractivity contribution in [3.8, 4) is 5.75 Å². The highest BCUT2D eigenvalue weighted by Crippen LogP contribution is 2.11. The number of rotatable bonds is 6. The first-order chi connectivity index (χ1) is 10.6. The maximum Gasteiger partial charge on any atom is 0.277 e. The highest BCUT2D eigenvalue weighted by atomic mass is 16.5. The number of hydrogen-bond acceptors (Lipinski definition) is 4. The summed E-state index contributed by atoms with van der Waals surface area (Å²) in [7, 11) is 0. The van der Waals surface area contributed by atoms with Gasteiger partial charge in [-0.2, -0.15) is 5.10 Å². The lowest BCUT2D eigenvalue weighted by Gasteiger charge is -2.05. The fraction of sp³-hybridized carbons (Fsp3) is 0.118. The van der Waals surface area contributed by atoms with Crippen LogP contribution in [0.4, 0.5) is 0 Å². The number of benzene rings is 2. The lowest BCUT2D eigenvalue weighted by molar-refractivity contribution is -0.123. The molecule has 0 aliphatic carbocycles. The van der Waals surface area contributed by atoms with E-state index in [4.69, 9.17) is 4.74 Å². The standard InChI is InChI=1S/C17H16N2O3/c1-13-6-5-9-15(10-13)22-12-17(21)19-18-11-16(20)14-7-3-2-4-8-14/h2-11H,12H2,1H3,(H,19,21)/b18-11+. The van der Waals surface area contributed by atoms with Crippen LogP contribution in [0.15, 0.2) is 59.7 Å². The minimum absolute atomic E-state index is 0.166. The normalized spacial score (nSPS) is 10.4. The van der Waals surface area contributed by atoms with Crippen molar-refractivity contribution in [2.45, 2.75) is 6.92 Å². The summed E-state index contributed by atoms with van der Waals surface area (Å²) < 4.78 is 5.32. The summed E-state index contributed by atoms with van der Waals surface area (Å²) in [5.74, 6) is -0.0985. The van der Waals surface area contributed by atoms with Gasteiger partial charge in [0.1, 0.15) is 5.75 Å². The molecule has 0 heterocycles. The third-order valence-corrected chi connectivity index (χ3v) is 2.79. The van der Waals surface area contributed by atoms with Crippen molar-refractivity contribution in [1.82, 2.24) is 5.43 Å². The molecule has 1 amide bonds. The van der Waals surface area contributed by atoms with E-state index < -0.39 is 5.91 Å². The number of amides is 1. The van der Waals surface area contributed by atoms with Gasteiger partial charge in [-0.05, 0) is 24.6 Å². The summed E-state index contributed by atoms with van der Waals surface area (Å²) >= 11 is 0. The maximum atomic E-state index is 11.7. The van der Waals surface area contributed by atoms with Gasteiger partial charge in [-0.15, -0.1) is 0 Å². The molecular formula is C17H16N2O3. The van der Waals surface area contributed by atoms with Gasteiger partial charge >= 0.3 is 0 Å². The maximum absolute atomic E-state index is 11.7. The van der Waals surface area contributed by atoms with Gasteiger partial charge in [-0.25, -0.2) is 5.43 Å². The second-order valence-corrected chi connectivity index (χ2v) is 4.63. The number of ether oxygens (including phenoxy) is 1. The lowest BCUT2D eigenvalue weighted by atomic mass is 10.1. The molecule has 0 bridgehead atoms. The molecule has 1 N–H and O–H groups in total. The lowest BCUT2D eigenvalue weighted by Crippen LogP contribution is -2.25. The minimum atomic E-state index is -0.432. The average molecular weight is 296 g/mol. The van der Waals surface area contributed by atoms with Gasteiger partial charge in [-0.1, -0.05) is 42.5 Å². The van der Waals surface area contributed by atoms with Crippen molar-refractivity contribution in [2.75, 3.05) is 6.61 Å². The Kier molecular flexibility index (Phi) is 5.43. The zero-order valence-electron chi connectivity index (χ0n) is 12.2. The van der Waals surface area contributed by atoms with Gasteiger partial charge in [-0.3, -0.25) is 9.59 Å². The molecule has 0 unspecified atom stereocenters. The third kappa shape index (κ3) is 4.86. The molecule has 0 aromatic heterocycles. The Morgan fingerprint density at radius 2 is 1.91 bits per heavy atom. The average Bonchev–Trinajstić information content (AvgIpc) is 2.54. The van der Waals surface area contributed by atoms with Gasteiger partial charge < -0.3 is 4.74 Å². The Morgan fingerprint density at radius 1 is 1.14 bits per heavy atom. The molecule has 0 aliphatic heterocycles. The van der Waals surface area contributed by atoms with Gasteiger partial charge in [0.2, 0.25) is 5.78 Å². The van der Waals surface area contributed by atoms with Crippen molar-refractivity contribution < 1.29 is 14.3 Å². The molecule has 2 aromatic rings. The van der Waals surface area contributed by atoms with Crippen molar-refractivity contribution >= 4 is 17.9 Å². The van der Waals surface area contributed by atoms with Crippen LogP contribution in [-0.2, 0) is 4.79 Å². The van der Waals surface area contributed by atoms with Crippen LogP contribution in [0.1, 0.15) is 15.9 Å². The summed E-state index contributed by atoms with van der Waals surface area (Å²) in [6, 6.07) is 16.1. The molecule has 0 spiro atoms. The molecule has 2 rings (SSSR count). The number of nitrogens with zero attached hydrogens (tertiary/aromatic N) is 1. The monoisotopic (exact) mass is 296 g/mol. The molecule has 0 radical (unpaired) electrons. The number of carbonyl (C=O) groups is 2. The quantitative estimate of drug-likeness (QED) is 0.505. The number of hydrazone groups is 1. The molecule has 0 atom stereocenters. The molecule has 2 aromatic carbocycles. The van der Waals surface area contributed by atoms with Crippen LogP contribution in [0.5, 0.6) is 5.75 Å². The van der Waals surface area contributed by atoms with E-state index in [1.165, 1.54) is 0 Å². The van der Waals surface area contributed by atoms with E-state index in [1.54, 1.807) is 30.3 Å². The summed E-state index contributed by atoms with van der Waals surface area (Å²) in [6.07, 6.45) is 1.07. The molecular weight excluding hydrogens is 280 g/mol. The molecule has 5 nitrogen and oxygen atoms in total. The van der Waals surface area contributed by atoms with Crippen LogP contribution >= 0.6 is 0 Å². The zero-order chi connectivity index (χ0) is 15.8. The predicted octanol–water partition coefficient (Wildman–Crippen LogP) is 2.36. The van der Waals surface area contributed by atoms with E-state index in [0.717, 1.165) is 11.8 Å². The fourth-order valence-corrected chi connectivity index (χ4v) is 1.73. The number of aryl methyl sites for hydroxylation is 1. The van der Waals surface area contributed by atoms with Gasteiger partial charge in [0.25, 0.3) is 5.91 Å².